The number of benzene rings is 1. The van der Waals surface area contributed by atoms with E-state index in [0.29, 0.717) is 23.9 Å². The van der Waals surface area contributed by atoms with Gasteiger partial charge in [-0.05, 0) is 31.4 Å². The zero-order valence-corrected chi connectivity index (χ0v) is 13.6. The number of hydrogen-bond acceptors (Lipinski definition) is 4. The van der Waals surface area contributed by atoms with Crippen molar-refractivity contribution in [3.63, 3.8) is 0 Å². The third-order valence-electron chi connectivity index (χ3n) is 3.21. The van der Waals surface area contributed by atoms with Crippen LogP contribution in [0.25, 0.3) is 0 Å². The first-order valence-electron chi connectivity index (χ1n) is 7.32. The van der Waals surface area contributed by atoms with Crippen LogP contribution in [-0.4, -0.2) is 32.7 Å². The van der Waals surface area contributed by atoms with Gasteiger partial charge in [-0.15, -0.1) is 0 Å². The van der Waals surface area contributed by atoms with Crippen LogP contribution in [0.5, 0.6) is 5.75 Å². The molecule has 0 radical (unpaired) electrons. The van der Waals surface area contributed by atoms with Gasteiger partial charge < -0.3 is 20.7 Å². The molecule has 0 aliphatic heterocycles. The van der Waals surface area contributed by atoms with Crippen molar-refractivity contribution in [2.75, 3.05) is 31.3 Å². The van der Waals surface area contributed by atoms with Gasteiger partial charge in [0.2, 0.25) is 0 Å². The minimum atomic E-state index is -0.572. The number of carbonyl (C=O) groups is 1. The Morgan fingerprint density at radius 3 is 2.57 bits per heavy atom. The summed E-state index contributed by atoms with van der Waals surface area (Å²) in [5.74, 6) is 0.979. The summed E-state index contributed by atoms with van der Waals surface area (Å²) in [4.78, 5) is 13.9. The van der Waals surface area contributed by atoms with E-state index < -0.39 is 6.10 Å². The lowest BCUT2D eigenvalue weighted by atomic mass is 10.1. The summed E-state index contributed by atoms with van der Waals surface area (Å²) in [6.07, 6.45) is 0.383. The highest BCUT2D eigenvalue weighted by atomic mass is 16.5. The molecule has 0 aromatic heterocycles. The second-order valence-corrected chi connectivity index (χ2v) is 5.85. The lowest BCUT2D eigenvalue weighted by molar-refractivity contribution is -0.127. The van der Waals surface area contributed by atoms with Crippen LogP contribution in [0.2, 0.25) is 0 Å². The van der Waals surface area contributed by atoms with Gasteiger partial charge in [0.25, 0.3) is 5.91 Å². The monoisotopic (exact) mass is 293 g/mol. The molecule has 3 N–H and O–H groups in total. The van der Waals surface area contributed by atoms with Crippen molar-refractivity contribution in [3.05, 3.63) is 18.2 Å². The van der Waals surface area contributed by atoms with Gasteiger partial charge in [0.15, 0.2) is 6.10 Å². The first kappa shape index (κ1) is 17.1. The average molecular weight is 293 g/mol. The molecule has 0 aliphatic rings. The summed E-state index contributed by atoms with van der Waals surface area (Å²) in [6.45, 7) is 6.64. The SMILES string of the molecule is CC(C)CCNC(=O)C(C)Oc1cc(N(C)C)ccc1N. The maximum Gasteiger partial charge on any atom is 0.260 e. The van der Waals surface area contributed by atoms with E-state index in [0.717, 1.165) is 12.1 Å². The normalized spacial score (nSPS) is 12.1. The number of nitrogen functional groups attached to an aromatic ring is 1. The van der Waals surface area contributed by atoms with Crippen LogP contribution in [0.15, 0.2) is 18.2 Å². The topological polar surface area (TPSA) is 67.6 Å². The molecular weight excluding hydrogens is 266 g/mol. The lowest BCUT2D eigenvalue weighted by Crippen LogP contribution is -2.37. The Morgan fingerprint density at radius 1 is 1.33 bits per heavy atom. The molecule has 0 saturated carbocycles. The Hall–Kier alpha value is -1.91. The largest absolute Gasteiger partial charge is 0.479 e. The Balaban J connectivity index is 2.63. The van der Waals surface area contributed by atoms with Crippen molar-refractivity contribution in [1.29, 1.82) is 0 Å². The van der Waals surface area contributed by atoms with Gasteiger partial charge in [0.1, 0.15) is 5.75 Å². The minimum absolute atomic E-state index is 0.120. The van der Waals surface area contributed by atoms with E-state index in [1.165, 1.54) is 0 Å². The molecule has 0 fully saturated rings. The number of nitrogens with one attached hydrogen (secondary N) is 1. The number of ether oxygens (including phenoxy) is 1. The highest BCUT2D eigenvalue weighted by molar-refractivity contribution is 5.81. The van der Waals surface area contributed by atoms with Gasteiger partial charge in [0.05, 0.1) is 5.69 Å². The molecule has 21 heavy (non-hydrogen) atoms. The Morgan fingerprint density at radius 2 is 2.00 bits per heavy atom. The van der Waals surface area contributed by atoms with Crippen molar-refractivity contribution >= 4 is 17.3 Å². The molecule has 0 saturated heterocycles. The first-order chi connectivity index (χ1) is 9.81. The van der Waals surface area contributed by atoms with Crippen molar-refractivity contribution < 1.29 is 9.53 Å². The second-order valence-electron chi connectivity index (χ2n) is 5.85. The number of carbonyl (C=O) groups excluding carboxylic acids is 1. The van der Waals surface area contributed by atoms with Crippen LogP contribution < -0.4 is 20.7 Å². The molecule has 0 aliphatic carbocycles. The molecule has 0 heterocycles. The van der Waals surface area contributed by atoms with Gasteiger partial charge in [0, 0.05) is 32.4 Å². The molecule has 0 spiro atoms. The van der Waals surface area contributed by atoms with E-state index in [1.807, 2.05) is 31.1 Å². The Kier molecular flexibility index (Phi) is 6.34. The number of amides is 1. The minimum Gasteiger partial charge on any atom is -0.479 e. The van der Waals surface area contributed by atoms with E-state index in [2.05, 4.69) is 19.2 Å². The Labute approximate surface area is 127 Å². The smallest absolute Gasteiger partial charge is 0.260 e. The number of nitrogens with two attached hydrogens (primary N) is 1. The molecule has 1 amide bonds. The fourth-order valence-electron chi connectivity index (χ4n) is 1.78. The summed E-state index contributed by atoms with van der Waals surface area (Å²) in [6, 6.07) is 5.54. The molecule has 1 aromatic carbocycles. The van der Waals surface area contributed by atoms with Crippen LogP contribution in [0.3, 0.4) is 0 Å². The van der Waals surface area contributed by atoms with Gasteiger partial charge in [-0.3, -0.25) is 4.79 Å². The van der Waals surface area contributed by atoms with E-state index in [-0.39, 0.29) is 5.91 Å². The molecule has 5 heteroatoms. The third-order valence-corrected chi connectivity index (χ3v) is 3.21. The van der Waals surface area contributed by atoms with Crippen molar-refractivity contribution in [3.8, 4) is 5.75 Å². The average Bonchev–Trinajstić information content (AvgIpc) is 2.40. The van der Waals surface area contributed by atoms with Crippen LogP contribution in [-0.2, 0) is 4.79 Å². The van der Waals surface area contributed by atoms with Crippen LogP contribution in [0, 0.1) is 5.92 Å². The number of hydrogen-bond donors (Lipinski definition) is 2. The predicted octanol–water partition coefficient (Wildman–Crippen LogP) is 2.26. The van der Waals surface area contributed by atoms with Crippen molar-refractivity contribution in [2.24, 2.45) is 5.92 Å². The number of anilines is 2. The fraction of sp³-hybridized carbons (Fsp3) is 0.562. The van der Waals surface area contributed by atoms with Crippen LogP contribution in [0.4, 0.5) is 11.4 Å². The lowest BCUT2D eigenvalue weighted by Gasteiger charge is -2.19. The maximum atomic E-state index is 12.0. The molecule has 1 atom stereocenters. The molecule has 0 bridgehead atoms. The zero-order valence-electron chi connectivity index (χ0n) is 13.6. The summed E-state index contributed by atoms with van der Waals surface area (Å²) in [5.41, 5.74) is 7.41. The molecule has 118 valence electrons. The summed E-state index contributed by atoms with van der Waals surface area (Å²) in [5, 5.41) is 2.88. The number of nitrogens with zero attached hydrogens (tertiary/aromatic N) is 1. The molecule has 5 nitrogen and oxygen atoms in total. The van der Waals surface area contributed by atoms with E-state index >= 15 is 0 Å². The standard InChI is InChI=1S/C16H27N3O2/c1-11(2)8-9-18-16(20)12(3)21-15-10-13(19(4)5)6-7-14(15)17/h6-7,10-12H,8-9,17H2,1-5H3,(H,18,20). The summed E-state index contributed by atoms with van der Waals surface area (Å²) in [7, 11) is 3.88. The van der Waals surface area contributed by atoms with E-state index in [4.69, 9.17) is 10.5 Å². The first-order valence-corrected chi connectivity index (χ1v) is 7.32. The zero-order chi connectivity index (χ0) is 16.0. The van der Waals surface area contributed by atoms with Gasteiger partial charge >= 0.3 is 0 Å². The second kappa shape index (κ2) is 7.76. The van der Waals surface area contributed by atoms with Gasteiger partial charge in [-0.2, -0.15) is 0 Å². The number of rotatable bonds is 7. The summed E-state index contributed by atoms with van der Waals surface area (Å²) >= 11 is 0. The van der Waals surface area contributed by atoms with Gasteiger partial charge in [-0.1, -0.05) is 13.8 Å². The third kappa shape index (κ3) is 5.53. The fourth-order valence-corrected chi connectivity index (χ4v) is 1.78. The highest BCUT2D eigenvalue weighted by Crippen LogP contribution is 2.27. The predicted molar refractivity (Wildman–Crippen MR) is 87.7 cm³/mol. The van der Waals surface area contributed by atoms with Crippen LogP contribution in [0.1, 0.15) is 27.2 Å². The maximum absolute atomic E-state index is 12.0. The highest BCUT2D eigenvalue weighted by Gasteiger charge is 2.16. The molecule has 1 rings (SSSR count). The summed E-state index contributed by atoms with van der Waals surface area (Å²) < 4.78 is 5.69. The molecule has 1 aromatic rings. The van der Waals surface area contributed by atoms with Crippen LogP contribution >= 0.6 is 0 Å². The van der Waals surface area contributed by atoms with E-state index in [1.54, 1.807) is 13.0 Å². The van der Waals surface area contributed by atoms with Crippen molar-refractivity contribution in [2.45, 2.75) is 33.3 Å². The quantitative estimate of drug-likeness (QED) is 0.757. The van der Waals surface area contributed by atoms with E-state index in [9.17, 15) is 4.79 Å². The molecular formula is C16H27N3O2. The molecule has 1 unspecified atom stereocenters. The van der Waals surface area contributed by atoms with Crippen molar-refractivity contribution in [1.82, 2.24) is 5.32 Å². The Bertz CT molecular complexity index is 473. The van der Waals surface area contributed by atoms with Gasteiger partial charge in [-0.25, -0.2) is 0 Å².